The number of aromatic nitrogens is 3. The van der Waals surface area contributed by atoms with E-state index in [0.717, 1.165) is 24.8 Å². The first-order chi connectivity index (χ1) is 15.6. The van der Waals surface area contributed by atoms with E-state index >= 15 is 0 Å². The molecule has 0 aliphatic rings. The molecule has 3 N–H and O–H groups in total. The average molecular weight is 431 g/mol. The van der Waals surface area contributed by atoms with Crippen LogP contribution in [-0.2, 0) is 0 Å². The molecule has 0 radical (unpaired) electrons. The molecule has 2 heterocycles. The number of methoxy groups -OCH3 is 1. The lowest BCUT2D eigenvalue weighted by molar-refractivity contribution is 0.0955. The summed E-state index contributed by atoms with van der Waals surface area (Å²) in [5, 5.41) is 7.48. The van der Waals surface area contributed by atoms with Gasteiger partial charge in [-0.05, 0) is 30.7 Å². The first-order valence-corrected chi connectivity index (χ1v) is 10.7. The highest BCUT2D eigenvalue weighted by atomic mass is 16.5. The van der Waals surface area contributed by atoms with Crippen molar-refractivity contribution in [3.8, 4) is 5.75 Å². The highest BCUT2D eigenvalue weighted by Crippen LogP contribution is 2.28. The van der Waals surface area contributed by atoms with Crippen molar-refractivity contribution in [2.24, 2.45) is 5.10 Å². The van der Waals surface area contributed by atoms with E-state index in [9.17, 15) is 4.79 Å². The number of hydrogen-bond acceptors (Lipinski definition) is 6. The topological polar surface area (TPSA) is 107 Å². The van der Waals surface area contributed by atoms with Crippen LogP contribution in [0.15, 0.2) is 53.6 Å². The van der Waals surface area contributed by atoms with Crippen LogP contribution in [0.25, 0.3) is 22.2 Å². The molecule has 4 rings (SSSR count). The number of nitrogens with one attached hydrogen (secondary N) is 1. The molecular weight excluding hydrogens is 404 g/mol. The average Bonchev–Trinajstić information content (AvgIpc) is 3.09. The molecule has 0 fully saturated rings. The summed E-state index contributed by atoms with van der Waals surface area (Å²) < 4.78 is 6.85. The predicted octanol–water partition coefficient (Wildman–Crippen LogP) is 3.98. The Morgan fingerprint density at radius 2 is 1.84 bits per heavy atom. The number of hydrogen-bond donors (Lipinski definition) is 2. The number of nitrogens with zero attached hydrogens (tertiary/aromatic N) is 4. The van der Waals surface area contributed by atoms with Crippen molar-refractivity contribution in [2.45, 2.75) is 26.2 Å². The SMILES string of the molecule is CCCCCNC(=O)c1c(N)n(/N=C\c2ccccc2OC)c2nc3ccccc3nc12. The van der Waals surface area contributed by atoms with Gasteiger partial charge in [0.15, 0.2) is 5.65 Å². The molecule has 4 aromatic rings. The molecular formula is C24H26N6O2. The summed E-state index contributed by atoms with van der Waals surface area (Å²) in [5.41, 5.74) is 9.71. The molecule has 0 bridgehead atoms. The van der Waals surface area contributed by atoms with Crippen molar-refractivity contribution in [1.29, 1.82) is 0 Å². The molecule has 1 amide bonds. The third kappa shape index (κ3) is 4.12. The van der Waals surface area contributed by atoms with Gasteiger partial charge in [-0.25, -0.2) is 9.97 Å². The molecule has 0 aliphatic heterocycles. The maximum atomic E-state index is 13.0. The number of fused-ring (bicyclic) bond motifs is 2. The Morgan fingerprint density at radius 1 is 1.12 bits per heavy atom. The Morgan fingerprint density at radius 3 is 2.59 bits per heavy atom. The second-order valence-electron chi connectivity index (χ2n) is 7.41. The van der Waals surface area contributed by atoms with Crippen molar-refractivity contribution < 1.29 is 9.53 Å². The lowest BCUT2D eigenvalue weighted by atomic mass is 10.2. The van der Waals surface area contributed by atoms with E-state index in [1.165, 1.54) is 4.68 Å². The van der Waals surface area contributed by atoms with Crippen LogP contribution in [0.4, 0.5) is 5.82 Å². The molecule has 0 saturated carbocycles. The summed E-state index contributed by atoms with van der Waals surface area (Å²) >= 11 is 0. The fourth-order valence-electron chi connectivity index (χ4n) is 3.55. The normalized spacial score (nSPS) is 11.4. The fourth-order valence-corrected chi connectivity index (χ4v) is 3.55. The smallest absolute Gasteiger partial charge is 0.257 e. The van der Waals surface area contributed by atoms with E-state index < -0.39 is 0 Å². The molecule has 164 valence electrons. The Bertz CT molecular complexity index is 1290. The molecule has 0 unspecified atom stereocenters. The minimum absolute atomic E-state index is 0.189. The first kappa shape index (κ1) is 21.3. The summed E-state index contributed by atoms with van der Waals surface area (Å²) in [6.07, 6.45) is 4.66. The van der Waals surface area contributed by atoms with Gasteiger partial charge in [0, 0.05) is 12.1 Å². The number of nitrogen functional groups attached to an aromatic ring is 1. The quantitative estimate of drug-likeness (QED) is 0.325. The molecule has 0 spiro atoms. The van der Waals surface area contributed by atoms with Crippen molar-refractivity contribution >= 4 is 40.1 Å². The van der Waals surface area contributed by atoms with E-state index in [2.05, 4.69) is 17.3 Å². The number of benzene rings is 2. The lowest BCUT2D eigenvalue weighted by Gasteiger charge is -2.05. The number of carbonyl (C=O) groups excluding carboxylic acids is 1. The van der Waals surface area contributed by atoms with Gasteiger partial charge in [0.2, 0.25) is 0 Å². The summed E-state index contributed by atoms with van der Waals surface area (Å²) in [6, 6.07) is 15.0. The van der Waals surface area contributed by atoms with Crippen LogP contribution in [0, 0.1) is 0 Å². The van der Waals surface area contributed by atoms with E-state index in [0.29, 0.717) is 34.5 Å². The van der Waals surface area contributed by atoms with Crippen LogP contribution in [0.2, 0.25) is 0 Å². The van der Waals surface area contributed by atoms with Gasteiger partial charge in [0.05, 0.1) is 24.4 Å². The maximum Gasteiger partial charge on any atom is 0.257 e. The zero-order chi connectivity index (χ0) is 22.5. The first-order valence-electron chi connectivity index (χ1n) is 10.7. The third-order valence-electron chi connectivity index (χ3n) is 5.22. The zero-order valence-corrected chi connectivity index (χ0v) is 18.2. The number of rotatable bonds is 8. The van der Waals surface area contributed by atoms with Gasteiger partial charge in [0.25, 0.3) is 5.91 Å². The van der Waals surface area contributed by atoms with Crippen LogP contribution >= 0.6 is 0 Å². The number of nitrogens with two attached hydrogens (primary N) is 1. The van der Waals surface area contributed by atoms with Gasteiger partial charge < -0.3 is 15.8 Å². The monoisotopic (exact) mass is 430 g/mol. The van der Waals surface area contributed by atoms with Gasteiger partial charge in [-0.3, -0.25) is 4.79 Å². The van der Waals surface area contributed by atoms with Gasteiger partial charge >= 0.3 is 0 Å². The maximum absolute atomic E-state index is 13.0. The standard InChI is InChI=1S/C24H26N6O2/c1-3-4-9-14-26-24(31)20-21-23(29-18-12-7-6-11-17(18)28-21)30(22(20)25)27-15-16-10-5-8-13-19(16)32-2/h5-8,10-13,15H,3-4,9,14,25H2,1-2H3,(H,26,31)/b27-15-. The minimum Gasteiger partial charge on any atom is -0.496 e. The van der Waals surface area contributed by atoms with E-state index in [1.54, 1.807) is 13.3 Å². The van der Waals surface area contributed by atoms with Crippen LogP contribution in [0.1, 0.15) is 42.1 Å². The summed E-state index contributed by atoms with van der Waals surface area (Å²) in [7, 11) is 1.60. The second-order valence-corrected chi connectivity index (χ2v) is 7.41. The van der Waals surface area contributed by atoms with E-state index in [1.807, 2.05) is 48.5 Å². The minimum atomic E-state index is -0.278. The fraction of sp³-hybridized carbons (Fsp3) is 0.250. The largest absolute Gasteiger partial charge is 0.496 e. The summed E-state index contributed by atoms with van der Waals surface area (Å²) in [4.78, 5) is 22.4. The van der Waals surface area contributed by atoms with E-state index in [4.69, 9.17) is 20.4 Å². The Hall–Kier alpha value is -3.94. The van der Waals surface area contributed by atoms with Crippen LogP contribution < -0.4 is 15.8 Å². The second kappa shape index (κ2) is 9.47. The van der Waals surface area contributed by atoms with E-state index in [-0.39, 0.29) is 17.3 Å². The van der Waals surface area contributed by atoms with Crippen molar-refractivity contribution in [3.63, 3.8) is 0 Å². The molecule has 0 saturated heterocycles. The van der Waals surface area contributed by atoms with Gasteiger partial charge in [0.1, 0.15) is 22.6 Å². The number of para-hydroxylation sites is 3. The Balaban J connectivity index is 1.82. The summed E-state index contributed by atoms with van der Waals surface area (Å²) in [5.74, 6) is 0.588. The third-order valence-corrected chi connectivity index (χ3v) is 5.22. The summed E-state index contributed by atoms with van der Waals surface area (Å²) in [6.45, 7) is 2.69. The molecule has 8 heteroatoms. The molecule has 0 atom stereocenters. The highest BCUT2D eigenvalue weighted by molar-refractivity contribution is 6.10. The van der Waals surface area contributed by atoms with Gasteiger partial charge in [-0.2, -0.15) is 9.78 Å². The number of anilines is 1. The molecule has 2 aromatic carbocycles. The molecule has 2 aromatic heterocycles. The van der Waals surface area contributed by atoms with Crippen LogP contribution in [0.3, 0.4) is 0 Å². The van der Waals surface area contributed by atoms with Crippen molar-refractivity contribution in [1.82, 2.24) is 20.0 Å². The number of carbonyl (C=O) groups is 1. The molecule has 0 aliphatic carbocycles. The molecule has 8 nitrogen and oxygen atoms in total. The van der Waals surface area contributed by atoms with Crippen LogP contribution in [-0.4, -0.2) is 40.4 Å². The number of ether oxygens (including phenoxy) is 1. The molecule has 32 heavy (non-hydrogen) atoms. The van der Waals surface area contributed by atoms with Crippen molar-refractivity contribution in [3.05, 3.63) is 59.7 Å². The number of unbranched alkanes of at least 4 members (excludes halogenated alkanes) is 2. The van der Waals surface area contributed by atoms with Gasteiger partial charge in [-0.1, -0.05) is 44.0 Å². The predicted molar refractivity (Wildman–Crippen MR) is 127 cm³/mol. The van der Waals surface area contributed by atoms with Gasteiger partial charge in [-0.15, -0.1) is 0 Å². The zero-order valence-electron chi connectivity index (χ0n) is 18.2. The Labute approximate surface area is 186 Å². The van der Waals surface area contributed by atoms with Crippen molar-refractivity contribution in [2.75, 3.05) is 19.4 Å². The lowest BCUT2D eigenvalue weighted by Crippen LogP contribution is -2.25. The number of amides is 1. The van der Waals surface area contributed by atoms with Crippen LogP contribution in [0.5, 0.6) is 5.75 Å². The Kier molecular flexibility index (Phi) is 6.30. The highest BCUT2D eigenvalue weighted by Gasteiger charge is 2.23.